The molecule has 0 unspecified atom stereocenters. The standard InChI is InChI=1S/C18H19NO/c1-13-7-8-14(2)15(9-13)10-19-11-16(12-20)17-5-3-4-6-18(17)19/h3-9,11,20H,10,12H2,1-2H3. The molecular weight excluding hydrogens is 246 g/mol. The van der Waals surface area contributed by atoms with E-state index < -0.39 is 0 Å². The fourth-order valence-corrected chi connectivity index (χ4v) is 2.73. The van der Waals surface area contributed by atoms with Gasteiger partial charge in [-0.3, -0.25) is 0 Å². The van der Waals surface area contributed by atoms with Crippen LogP contribution in [-0.2, 0) is 13.2 Å². The van der Waals surface area contributed by atoms with Crippen molar-refractivity contribution >= 4 is 10.9 Å². The second-order valence-electron chi connectivity index (χ2n) is 5.39. The molecule has 0 aliphatic carbocycles. The Labute approximate surface area is 119 Å². The van der Waals surface area contributed by atoms with E-state index in [1.807, 2.05) is 12.1 Å². The number of para-hydroxylation sites is 1. The van der Waals surface area contributed by atoms with Crippen molar-refractivity contribution in [2.24, 2.45) is 0 Å². The van der Waals surface area contributed by atoms with Gasteiger partial charge in [-0.05, 0) is 31.0 Å². The Morgan fingerprint density at radius 2 is 1.80 bits per heavy atom. The highest BCUT2D eigenvalue weighted by molar-refractivity contribution is 5.83. The molecule has 1 N–H and O–H groups in total. The maximum Gasteiger partial charge on any atom is 0.0702 e. The van der Waals surface area contributed by atoms with Crippen LogP contribution in [0.4, 0.5) is 0 Å². The average Bonchev–Trinajstić information content (AvgIpc) is 2.81. The smallest absolute Gasteiger partial charge is 0.0702 e. The van der Waals surface area contributed by atoms with Gasteiger partial charge in [0.25, 0.3) is 0 Å². The molecule has 2 aromatic carbocycles. The molecule has 0 saturated heterocycles. The number of benzene rings is 2. The van der Waals surface area contributed by atoms with Crippen molar-refractivity contribution in [2.75, 3.05) is 0 Å². The van der Waals surface area contributed by atoms with E-state index in [4.69, 9.17) is 0 Å². The van der Waals surface area contributed by atoms with Gasteiger partial charge in [0.2, 0.25) is 0 Å². The number of hydrogen-bond donors (Lipinski definition) is 1. The van der Waals surface area contributed by atoms with E-state index in [2.05, 4.69) is 54.9 Å². The van der Waals surface area contributed by atoms with E-state index in [9.17, 15) is 5.11 Å². The molecule has 0 fully saturated rings. The Morgan fingerprint density at radius 1 is 1.00 bits per heavy atom. The number of aromatic nitrogens is 1. The van der Waals surface area contributed by atoms with Gasteiger partial charge < -0.3 is 9.67 Å². The van der Waals surface area contributed by atoms with E-state index in [1.54, 1.807) is 0 Å². The molecule has 0 spiro atoms. The van der Waals surface area contributed by atoms with Gasteiger partial charge in [-0.1, -0.05) is 42.0 Å². The zero-order valence-electron chi connectivity index (χ0n) is 11.9. The monoisotopic (exact) mass is 265 g/mol. The van der Waals surface area contributed by atoms with E-state index >= 15 is 0 Å². The van der Waals surface area contributed by atoms with Crippen LogP contribution in [0, 0.1) is 13.8 Å². The molecule has 0 saturated carbocycles. The summed E-state index contributed by atoms with van der Waals surface area (Å²) in [4.78, 5) is 0. The van der Waals surface area contributed by atoms with Crippen LogP contribution >= 0.6 is 0 Å². The van der Waals surface area contributed by atoms with Crippen LogP contribution in [0.2, 0.25) is 0 Å². The molecule has 0 atom stereocenters. The normalized spacial score (nSPS) is 11.2. The van der Waals surface area contributed by atoms with Crippen molar-refractivity contribution in [3.63, 3.8) is 0 Å². The molecule has 20 heavy (non-hydrogen) atoms. The third-order valence-corrected chi connectivity index (χ3v) is 3.89. The molecule has 1 aromatic heterocycles. The predicted octanol–water partition coefficient (Wildman–Crippen LogP) is 3.80. The minimum absolute atomic E-state index is 0.0836. The van der Waals surface area contributed by atoms with Crippen LogP contribution in [0.5, 0.6) is 0 Å². The van der Waals surface area contributed by atoms with Crippen LogP contribution < -0.4 is 0 Å². The third-order valence-electron chi connectivity index (χ3n) is 3.89. The van der Waals surface area contributed by atoms with Crippen LogP contribution in [0.3, 0.4) is 0 Å². The van der Waals surface area contributed by atoms with Crippen molar-refractivity contribution in [1.29, 1.82) is 0 Å². The van der Waals surface area contributed by atoms with Crippen molar-refractivity contribution in [3.8, 4) is 0 Å². The summed E-state index contributed by atoms with van der Waals surface area (Å²) >= 11 is 0. The highest BCUT2D eigenvalue weighted by Crippen LogP contribution is 2.23. The van der Waals surface area contributed by atoms with Gasteiger partial charge in [-0.25, -0.2) is 0 Å². The molecule has 2 heteroatoms. The van der Waals surface area contributed by atoms with E-state index in [0.717, 1.165) is 17.5 Å². The fourth-order valence-electron chi connectivity index (χ4n) is 2.73. The summed E-state index contributed by atoms with van der Waals surface area (Å²) in [6.45, 7) is 5.19. The van der Waals surface area contributed by atoms with Crippen molar-refractivity contribution in [2.45, 2.75) is 27.0 Å². The molecule has 0 aliphatic heterocycles. The lowest BCUT2D eigenvalue weighted by Gasteiger charge is -2.09. The average molecular weight is 265 g/mol. The number of nitrogens with zero attached hydrogens (tertiary/aromatic N) is 1. The lowest BCUT2D eigenvalue weighted by atomic mass is 10.1. The Morgan fingerprint density at radius 3 is 2.60 bits per heavy atom. The van der Waals surface area contributed by atoms with Gasteiger partial charge in [0, 0.05) is 29.2 Å². The number of fused-ring (bicyclic) bond motifs is 1. The molecular formula is C18H19NO. The maximum atomic E-state index is 9.50. The molecule has 3 aromatic rings. The zero-order chi connectivity index (χ0) is 14.1. The first-order valence-corrected chi connectivity index (χ1v) is 6.93. The van der Waals surface area contributed by atoms with Gasteiger partial charge in [0.05, 0.1) is 6.61 Å². The largest absolute Gasteiger partial charge is 0.392 e. The van der Waals surface area contributed by atoms with E-state index in [0.29, 0.717) is 0 Å². The Hall–Kier alpha value is -2.06. The molecule has 3 rings (SSSR count). The number of aliphatic hydroxyl groups excluding tert-OH is 1. The van der Waals surface area contributed by atoms with Crippen LogP contribution in [-0.4, -0.2) is 9.67 Å². The van der Waals surface area contributed by atoms with Gasteiger partial charge in [-0.15, -0.1) is 0 Å². The molecule has 1 heterocycles. The van der Waals surface area contributed by atoms with E-state index in [-0.39, 0.29) is 6.61 Å². The summed E-state index contributed by atoms with van der Waals surface area (Å²) in [6, 6.07) is 14.8. The van der Waals surface area contributed by atoms with Crippen LogP contribution in [0.15, 0.2) is 48.7 Å². The van der Waals surface area contributed by atoms with Gasteiger partial charge in [-0.2, -0.15) is 0 Å². The summed E-state index contributed by atoms with van der Waals surface area (Å²) in [5.41, 5.74) is 6.09. The SMILES string of the molecule is Cc1ccc(C)c(Cn2cc(CO)c3ccccc32)c1. The predicted molar refractivity (Wildman–Crippen MR) is 82.9 cm³/mol. The molecule has 0 radical (unpaired) electrons. The summed E-state index contributed by atoms with van der Waals surface area (Å²) < 4.78 is 2.22. The second kappa shape index (κ2) is 5.14. The number of aryl methyl sites for hydroxylation is 2. The quantitative estimate of drug-likeness (QED) is 0.765. The van der Waals surface area contributed by atoms with Crippen molar-refractivity contribution in [3.05, 3.63) is 70.9 Å². The topological polar surface area (TPSA) is 25.2 Å². The lowest BCUT2D eigenvalue weighted by Crippen LogP contribution is -2.00. The highest BCUT2D eigenvalue weighted by Gasteiger charge is 2.08. The Balaban J connectivity index is 2.09. The lowest BCUT2D eigenvalue weighted by molar-refractivity contribution is 0.283. The maximum absolute atomic E-state index is 9.50. The summed E-state index contributed by atoms with van der Waals surface area (Å²) in [5, 5.41) is 10.6. The summed E-state index contributed by atoms with van der Waals surface area (Å²) in [6.07, 6.45) is 2.06. The summed E-state index contributed by atoms with van der Waals surface area (Å²) in [5.74, 6) is 0. The number of rotatable bonds is 3. The van der Waals surface area contributed by atoms with Crippen LogP contribution in [0.1, 0.15) is 22.3 Å². The molecule has 0 bridgehead atoms. The van der Waals surface area contributed by atoms with Gasteiger partial charge in [0.1, 0.15) is 0 Å². The number of hydrogen-bond acceptors (Lipinski definition) is 1. The number of aliphatic hydroxyl groups is 1. The first-order chi connectivity index (χ1) is 9.69. The molecule has 102 valence electrons. The highest BCUT2D eigenvalue weighted by atomic mass is 16.3. The minimum Gasteiger partial charge on any atom is -0.392 e. The Kier molecular flexibility index (Phi) is 3.33. The zero-order valence-corrected chi connectivity index (χ0v) is 11.9. The summed E-state index contributed by atoms with van der Waals surface area (Å²) in [7, 11) is 0. The Bertz CT molecular complexity index is 755. The first-order valence-electron chi connectivity index (χ1n) is 6.93. The molecule has 2 nitrogen and oxygen atoms in total. The van der Waals surface area contributed by atoms with Gasteiger partial charge in [0.15, 0.2) is 0 Å². The molecule has 0 aliphatic rings. The first kappa shape index (κ1) is 12.9. The second-order valence-corrected chi connectivity index (χ2v) is 5.39. The van der Waals surface area contributed by atoms with E-state index in [1.165, 1.54) is 22.2 Å². The van der Waals surface area contributed by atoms with Crippen molar-refractivity contribution < 1.29 is 5.11 Å². The fraction of sp³-hybridized carbons (Fsp3) is 0.222. The third kappa shape index (κ3) is 2.23. The minimum atomic E-state index is 0.0836. The van der Waals surface area contributed by atoms with Crippen molar-refractivity contribution in [1.82, 2.24) is 4.57 Å². The van der Waals surface area contributed by atoms with Gasteiger partial charge >= 0.3 is 0 Å². The van der Waals surface area contributed by atoms with Crippen LogP contribution in [0.25, 0.3) is 10.9 Å². The molecule has 0 amide bonds.